The van der Waals surface area contributed by atoms with Gasteiger partial charge in [-0.25, -0.2) is 0 Å². The Kier molecular flexibility index (Phi) is 5.34. The standard InChI is InChI=1S/C26H32N4O3/c31-16-20-22-15-30-21(9-8-19(25(30)32)18-5-4-10-27-13-18)24(29(22)14-17-6-7-17)23(20)26(33)28-11-2-1-3-12-28/h4-5,8-10,13,17,20,22-24,31H,1-3,6-7,11-12,14-16H2/t20-,22-,23+,24+/m0/s1. The maximum absolute atomic E-state index is 13.8. The molecule has 6 rings (SSSR count). The minimum atomic E-state index is -0.297. The van der Waals surface area contributed by atoms with Crippen molar-refractivity contribution in [2.24, 2.45) is 17.8 Å². The molecule has 2 aromatic rings. The van der Waals surface area contributed by atoms with Crippen molar-refractivity contribution in [3.8, 4) is 11.1 Å². The summed E-state index contributed by atoms with van der Waals surface area (Å²) in [6, 6.07) is 7.55. The van der Waals surface area contributed by atoms with Crippen molar-refractivity contribution in [3.63, 3.8) is 0 Å². The molecule has 0 aromatic carbocycles. The van der Waals surface area contributed by atoms with Gasteiger partial charge in [0.1, 0.15) is 0 Å². The largest absolute Gasteiger partial charge is 0.396 e. The highest BCUT2D eigenvalue weighted by atomic mass is 16.3. The highest BCUT2D eigenvalue weighted by Gasteiger charge is 2.57. The smallest absolute Gasteiger partial charge is 0.258 e. The fourth-order valence-electron chi connectivity index (χ4n) is 6.42. The third-order valence-electron chi connectivity index (χ3n) is 8.26. The topological polar surface area (TPSA) is 78.7 Å². The first-order valence-electron chi connectivity index (χ1n) is 12.5. The number of hydrogen-bond donors (Lipinski definition) is 1. The molecule has 0 spiro atoms. The van der Waals surface area contributed by atoms with E-state index in [4.69, 9.17) is 0 Å². The summed E-state index contributed by atoms with van der Waals surface area (Å²) in [7, 11) is 0. The van der Waals surface area contributed by atoms with Crippen molar-refractivity contribution in [3.05, 3.63) is 52.7 Å². The van der Waals surface area contributed by atoms with E-state index in [1.54, 1.807) is 12.4 Å². The van der Waals surface area contributed by atoms with Crippen molar-refractivity contribution < 1.29 is 9.90 Å². The predicted molar refractivity (Wildman–Crippen MR) is 124 cm³/mol. The molecule has 1 amide bonds. The monoisotopic (exact) mass is 448 g/mol. The first kappa shape index (κ1) is 21.1. The second-order valence-electron chi connectivity index (χ2n) is 10.2. The van der Waals surface area contributed by atoms with E-state index < -0.39 is 0 Å². The lowest BCUT2D eigenvalue weighted by Crippen LogP contribution is -2.47. The maximum Gasteiger partial charge on any atom is 0.258 e. The number of fused-ring (bicyclic) bond motifs is 4. The van der Waals surface area contributed by atoms with E-state index in [9.17, 15) is 14.7 Å². The molecule has 7 heteroatoms. The number of likely N-dealkylation sites (tertiary alicyclic amines) is 1. The molecule has 5 heterocycles. The van der Waals surface area contributed by atoms with Crippen LogP contribution in [-0.2, 0) is 11.3 Å². The summed E-state index contributed by atoms with van der Waals surface area (Å²) in [5.41, 5.74) is 2.35. The van der Waals surface area contributed by atoms with E-state index in [-0.39, 0.29) is 42.0 Å². The molecule has 2 bridgehead atoms. The van der Waals surface area contributed by atoms with Crippen LogP contribution in [0, 0.1) is 17.8 Å². The summed E-state index contributed by atoms with van der Waals surface area (Å²) in [5.74, 6) is 0.393. The summed E-state index contributed by atoms with van der Waals surface area (Å²) in [4.78, 5) is 36.1. The Bertz CT molecular complexity index is 1090. The van der Waals surface area contributed by atoms with Crippen LogP contribution >= 0.6 is 0 Å². The number of amides is 1. The van der Waals surface area contributed by atoms with Gasteiger partial charge in [0.15, 0.2) is 0 Å². The number of aliphatic hydroxyl groups excluding tert-OH is 1. The SMILES string of the molecule is O=C([C@@H]1[C@@H](CO)[C@@H]2Cn3c(ccc(-c4cccnc4)c3=O)[C@H]1N2CC1CC1)N1CCCCC1. The molecule has 33 heavy (non-hydrogen) atoms. The quantitative estimate of drug-likeness (QED) is 0.759. The van der Waals surface area contributed by atoms with Gasteiger partial charge in [-0.1, -0.05) is 6.07 Å². The summed E-state index contributed by atoms with van der Waals surface area (Å²) in [6.07, 6.45) is 9.17. The average molecular weight is 449 g/mol. The first-order chi connectivity index (χ1) is 16.2. The molecule has 3 aliphatic heterocycles. The van der Waals surface area contributed by atoms with Gasteiger partial charge in [0, 0.05) is 74.0 Å². The van der Waals surface area contributed by atoms with Gasteiger partial charge in [0.05, 0.1) is 12.0 Å². The Labute approximate surface area is 194 Å². The molecule has 0 radical (unpaired) electrons. The number of aromatic nitrogens is 2. The molecular formula is C26H32N4O3. The van der Waals surface area contributed by atoms with E-state index in [0.717, 1.165) is 43.7 Å². The summed E-state index contributed by atoms with van der Waals surface area (Å²) in [6.45, 7) is 3.07. The van der Waals surface area contributed by atoms with Crippen molar-refractivity contribution in [1.29, 1.82) is 0 Å². The average Bonchev–Trinajstić information content (AvgIpc) is 3.65. The predicted octanol–water partition coefficient (Wildman–Crippen LogP) is 2.30. The van der Waals surface area contributed by atoms with E-state index in [1.165, 1.54) is 19.3 Å². The Morgan fingerprint density at radius 2 is 1.94 bits per heavy atom. The van der Waals surface area contributed by atoms with Gasteiger partial charge in [0.25, 0.3) is 5.56 Å². The Morgan fingerprint density at radius 3 is 2.64 bits per heavy atom. The molecule has 4 aliphatic rings. The normalized spacial score (nSPS) is 29.2. The molecule has 1 saturated carbocycles. The molecule has 4 atom stereocenters. The zero-order valence-corrected chi connectivity index (χ0v) is 19.0. The van der Waals surface area contributed by atoms with Crippen LogP contribution in [0.25, 0.3) is 11.1 Å². The van der Waals surface area contributed by atoms with Gasteiger partial charge in [-0.2, -0.15) is 0 Å². The molecule has 2 saturated heterocycles. The summed E-state index contributed by atoms with van der Waals surface area (Å²) in [5, 5.41) is 10.5. The molecule has 0 unspecified atom stereocenters. The number of rotatable bonds is 5. The molecule has 174 valence electrons. The van der Waals surface area contributed by atoms with Gasteiger partial charge >= 0.3 is 0 Å². The van der Waals surface area contributed by atoms with Crippen LogP contribution in [0.1, 0.15) is 43.8 Å². The second-order valence-corrected chi connectivity index (χ2v) is 10.2. The van der Waals surface area contributed by atoms with Crippen molar-refractivity contribution in [2.45, 2.75) is 50.7 Å². The number of hydrogen-bond acceptors (Lipinski definition) is 5. The number of carbonyl (C=O) groups excluding carboxylic acids is 1. The Morgan fingerprint density at radius 1 is 1.12 bits per heavy atom. The van der Waals surface area contributed by atoms with Crippen LogP contribution in [0.4, 0.5) is 0 Å². The molecule has 7 nitrogen and oxygen atoms in total. The summed E-state index contributed by atoms with van der Waals surface area (Å²) < 4.78 is 1.88. The number of piperidine rings is 1. The van der Waals surface area contributed by atoms with Gasteiger partial charge in [0.2, 0.25) is 5.91 Å². The van der Waals surface area contributed by atoms with E-state index in [0.29, 0.717) is 18.0 Å². The number of pyridine rings is 2. The van der Waals surface area contributed by atoms with Crippen molar-refractivity contribution >= 4 is 5.91 Å². The zero-order valence-electron chi connectivity index (χ0n) is 19.0. The summed E-state index contributed by atoms with van der Waals surface area (Å²) >= 11 is 0. The van der Waals surface area contributed by atoms with Crippen LogP contribution in [0.15, 0.2) is 41.5 Å². The van der Waals surface area contributed by atoms with Gasteiger partial charge < -0.3 is 14.6 Å². The molecule has 1 aliphatic carbocycles. The number of aliphatic hydroxyl groups is 1. The van der Waals surface area contributed by atoms with Gasteiger partial charge in [-0.05, 0) is 56.2 Å². The van der Waals surface area contributed by atoms with E-state index in [2.05, 4.69) is 9.88 Å². The Hall–Kier alpha value is -2.51. The maximum atomic E-state index is 13.8. The van der Waals surface area contributed by atoms with Crippen molar-refractivity contribution in [2.75, 3.05) is 26.2 Å². The third kappa shape index (κ3) is 3.53. The van der Waals surface area contributed by atoms with Crippen LogP contribution in [0.5, 0.6) is 0 Å². The minimum absolute atomic E-state index is 0.00805. The zero-order chi connectivity index (χ0) is 22.5. The second kappa shape index (κ2) is 8.37. The highest BCUT2D eigenvalue weighted by Crippen LogP contribution is 2.50. The Balaban J connectivity index is 1.44. The lowest BCUT2D eigenvalue weighted by Gasteiger charge is -2.39. The fourth-order valence-corrected chi connectivity index (χ4v) is 6.42. The van der Waals surface area contributed by atoms with Crippen molar-refractivity contribution in [1.82, 2.24) is 19.4 Å². The lowest BCUT2D eigenvalue weighted by atomic mass is 9.85. The number of carbonyl (C=O) groups is 1. The number of nitrogens with zero attached hydrogens (tertiary/aromatic N) is 4. The highest BCUT2D eigenvalue weighted by molar-refractivity contribution is 5.81. The van der Waals surface area contributed by atoms with E-state index in [1.807, 2.05) is 33.7 Å². The van der Waals surface area contributed by atoms with Crippen LogP contribution in [0.3, 0.4) is 0 Å². The van der Waals surface area contributed by atoms with Crippen LogP contribution in [0.2, 0.25) is 0 Å². The minimum Gasteiger partial charge on any atom is -0.396 e. The molecular weight excluding hydrogens is 416 g/mol. The molecule has 1 N–H and O–H groups in total. The van der Waals surface area contributed by atoms with Gasteiger partial charge in [-0.15, -0.1) is 0 Å². The van der Waals surface area contributed by atoms with E-state index >= 15 is 0 Å². The van der Waals surface area contributed by atoms with Gasteiger partial charge in [-0.3, -0.25) is 19.5 Å². The lowest BCUT2D eigenvalue weighted by molar-refractivity contribution is -0.139. The van der Waals surface area contributed by atoms with Crippen LogP contribution < -0.4 is 5.56 Å². The fraction of sp³-hybridized carbons (Fsp3) is 0.577. The molecule has 2 aromatic heterocycles. The first-order valence-corrected chi connectivity index (χ1v) is 12.5. The van der Waals surface area contributed by atoms with Crippen LogP contribution in [-0.4, -0.2) is 62.6 Å². The third-order valence-corrected chi connectivity index (χ3v) is 8.26. The molecule has 3 fully saturated rings.